The van der Waals surface area contributed by atoms with E-state index in [4.69, 9.17) is 9.15 Å². The maximum atomic E-state index is 13.4. The van der Waals surface area contributed by atoms with Gasteiger partial charge in [0, 0.05) is 37.6 Å². The van der Waals surface area contributed by atoms with Gasteiger partial charge in [-0.1, -0.05) is 0 Å². The zero-order chi connectivity index (χ0) is 21.2. The number of hydrogen-bond acceptors (Lipinski definition) is 4. The number of nitrogens with zero attached hydrogens (tertiary/aromatic N) is 1. The molecule has 0 unspecified atom stereocenters. The van der Waals surface area contributed by atoms with Gasteiger partial charge < -0.3 is 19.4 Å². The Balaban J connectivity index is 1.90. The van der Waals surface area contributed by atoms with Gasteiger partial charge in [-0.25, -0.2) is 0 Å². The van der Waals surface area contributed by atoms with Crippen LogP contribution in [-0.2, 0) is 10.9 Å². The lowest BCUT2D eigenvalue weighted by Crippen LogP contribution is -2.40. The predicted molar refractivity (Wildman–Crippen MR) is 98.8 cm³/mol. The third kappa shape index (κ3) is 4.79. The van der Waals surface area contributed by atoms with Crippen molar-refractivity contribution in [2.45, 2.75) is 32.0 Å². The highest BCUT2D eigenvalue weighted by atomic mass is 19.4. The minimum atomic E-state index is -4.67. The van der Waals surface area contributed by atoms with Gasteiger partial charge >= 0.3 is 6.18 Å². The summed E-state index contributed by atoms with van der Waals surface area (Å²) in [6.45, 7) is 2.56. The Morgan fingerprint density at radius 2 is 1.86 bits per heavy atom. The Hall–Kier alpha value is -2.81. The molecule has 156 valence electrons. The number of carbonyl (C=O) groups excluding carboxylic acids is 2. The molecule has 0 atom stereocenters. The Labute approximate surface area is 165 Å². The van der Waals surface area contributed by atoms with Crippen molar-refractivity contribution >= 4 is 17.5 Å². The van der Waals surface area contributed by atoms with E-state index in [1.54, 1.807) is 14.0 Å². The van der Waals surface area contributed by atoms with Crippen LogP contribution in [0.5, 0.6) is 0 Å². The molecule has 1 fully saturated rings. The van der Waals surface area contributed by atoms with E-state index >= 15 is 0 Å². The summed E-state index contributed by atoms with van der Waals surface area (Å²) in [5, 5.41) is 2.42. The van der Waals surface area contributed by atoms with E-state index in [1.807, 2.05) is 0 Å². The molecule has 1 aromatic heterocycles. The number of amides is 2. The van der Waals surface area contributed by atoms with Crippen LogP contribution < -0.4 is 5.32 Å². The van der Waals surface area contributed by atoms with Crippen molar-refractivity contribution in [2.24, 2.45) is 0 Å². The van der Waals surface area contributed by atoms with Crippen molar-refractivity contribution in [3.63, 3.8) is 0 Å². The fourth-order valence-corrected chi connectivity index (χ4v) is 3.25. The second kappa shape index (κ2) is 8.28. The van der Waals surface area contributed by atoms with Gasteiger partial charge in [-0.3, -0.25) is 9.59 Å². The number of rotatable bonds is 4. The number of nitrogens with one attached hydrogen (secondary N) is 1. The summed E-state index contributed by atoms with van der Waals surface area (Å²) >= 11 is 0. The van der Waals surface area contributed by atoms with Crippen LogP contribution in [0.2, 0.25) is 0 Å². The smallest absolute Gasteiger partial charge is 0.416 e. The number of ether oxygens (including phenoxy) is 1. The van der Waals surface area contributed by atoms with Crippen LogP contribution in [0.4, 0.5) is 18.9 Å². The quantitative estimate of drug-likeness (QED) is 0.824. The molecule has 0 aliphatic carbocycles. The molecule has 0 bridgehead atoms. The van der Waals surface area contributed by atoms with E-state index in [-0.39, 0.29) is 22.9 Å². The number of alkyl halides is 3. The summed E-state index contributed by atoms with van der Waals surface area (Å²) in [7, 11) is 1.56. The average Bonchev–Trinajstić information content (AvgIpc) is 3.12. The normalized spacial score (nSPS) is 15.2. The summed E-state index contributed by atoms with van der Waals surface area (Å²) in [6.07, 6.45) is -2.12. The SMILES string of the molecule is Cc1occc1C(=O)Nc1cc(C(=O)N(C)C2CCOCC2)cc(C(F)(F)F)c1. The molecule has 1 saturated heterocycles. The zero-order valence-electron chi connectivity index (χ0n) is 16.0. The Morgan fingerprint density at radius 1 is 1.17 bits per heavy atom. The van der Waals surface area contributed by atoms with Gasteiger partial charge in [0.25, 0.3) is 11.8 Å². The topological polar surface area (TPSA) is 71.8 Å². The highest BCUT2D eigenvalue weighted by Crippen LogP contribution is 2.33. The Bertz CT molecular complexity index is 901. The van der Waals surface area contributed by atoms with Gasteiger partial charge in [0.1, 0.15) is 5.76 Å². The minimum Gasteiger partial charge on any atom is -0.469 e. The summed E-state index contributed by atoms with van der Waals surface area (Å²) in [4.78, 5) is 26.6. The van der Waals surface area contributed by atoms with Gasteiger partial charge in [-0.05, 0) is 44.0 Å². The fourth-order valence-electron chi connectivity index (χ4n) is 3.25. The minimum absolute atomic E-state index is 0.114. The van der Waals surface area contributed by atoms with E-state index < -0.39 is 23.6 Å². The molecule has 3 rings (SSSR count). The molecule has 0 saturated carbocycles. The van der Waals surface area contributed by atoms with Crippen LogP contribution in [0.3, 0.4) is 0 Å². The van der Waals surface area contributed by atoms with Crippen LogP contribution in [0.1, 0.15) is 44.9 Å². The van der Waals surface area contributed by atoms with Gasteiger partial charge in [-0.15, -0.1) is 0 Å². The molecule has 1 aliphatic heterocycles. The largest absolute Gasteiger partial charge is 0.469 e. The number of halogens is 3. The molecule has 9 heteroatoms. The second-order valence-corrected chi connectivity index (χ2v) is 6.90. The highest BCUT2D eigenvalue weighted by molar-refractivity contribution is 6.05. The zero-order valence-corrected chi connectivity index (χ0v) is 16.0. The lowest BCUT2D eigenvalue weighted by molar-refractivity contribution is -0.137. The highest BCUT2D eigenvalue weighted by Gasteiger charge is 2.33. The van der Waals surface area contributed by atoms with Gasteiger partial charge in [-0.2, -0.15) is 13.2 Å². The van der Waals surface area contributed by atoms with E-state index in [0.717, 1.165) is 12.1 Å². The first kappa shape index (κ1) is 20.9. The van der Waals surface area contributed by atoms with Crippen LogP contribution >= 0.6 is 0 Å². The standard InChI is InChI=1S/C20H21F3N2O4/c1-12-17(5-8-29-12)18(26)24-15-10-13(9-14(11-15)20(21,22)23)19(27)25(2)16-3-6-28-7-4-16/h5,8-11,16H,3-4,6-7H2,1-2H3,(H,24,26). The van der Waals surface area contributed by atoms with Crippen LogP contribution in [0.15, 0.2) is 34.9 Å². The average molecular weight is 410 g/mol. The first-order valence-electron chi connectivity index (χ1n) is 9.09. The van der Waals surface area contributed by atoms with E-state index in [2.05, 4.69) is 5.32 Å². The molecule has 6 nitrogen and oxygen atoms in total. The summed E-state index contributed by atoms with van der Waals surface area (Å²) in [5.74, 6) is -0.824. The van der Waals surface area contributed by atoms with Crippen molar-refractivity contribution in [1.82, 2.24) is 4.90 Å². The number of benzene rings is 1. The van der Waals surface area contributed by atoms with Crippen molar-refractivity contribution in [1.29, 1.82) is 0 Å². The lowest BCUT2D eigenvalue weighted by Gasteiger charge is -2.31. The van der Waals surface area contributed by atoms with Crippen LogP contribution in [-0.4, -0.2) is 43.0 Å². The molecule has 1 aromatic carbocycles. The van der Waals surface area contributed by atoms with Crippen LogP contribution in [0.25, 0.3) is 0 Å². The first-order valence-corrected chi connectivity index (χ1v) is 9.09. The summed E-state index contributed by atoms with van der Waals surface area (Å²) in [5.41, 5.74) is -1.07. The molecule has 2 heterocycles. The van der Waals surface area contributed by atoms with E-state index in [0.29, 0.717) is 31.8 Å². The number of carbonyl (C=O) groups is 2. The third-order valence-electron chi connectivity index (χ3n) is 4.93. The van der Waals surface area contributed by atoms with Crippen molar-refractivity contribution in [3.8, 4) is 0 Å². The molecule has 0 radical (unpaired) electrons. The summed E-state index contributed by atoms with van der Waals surface area (Å²) < 4.78 is 50.4. The van der Waals surface area contributed by atoms with Crippen molar-refractivity contribution in [3.05, 3.63) is 53.0 Å². The van der Waals surface area contributed by atoms with Crippen LogP contribution in [0, 0.1) is 6.92 Å². The predicted octanol–water partition coefficient (Wildman–Crippen LogP) is 4.11. The molecule has 1 aliphatic rings. The number of hydrogen-bond donors (Lipinski definition) is 1. The molecular weight excluding hydrogens is 389 g/mol. The van der Waals surface area contributed by atoms with Gasteiger partial charge in [0.15, 0.2) is 0 Å². The van der Waals surface area contributed by atoms with Gasteiger partial charge in [0.2, 0.25) is 0 Å². The molecule has 2 amide bonds. The van der Waals surface area contributed by atoms with Crippen molar-refractivity contribution < 1.29 is 31.9 Å². The van der Waals surface area contributed by atoms with E-state index in [9.17, 15) is 22.8 Å². The Morgan fingerprint density at radius 3 is 2.45 bits per heavy atom. The second-order valence-electron chi connectivity index (χ2n) is 6.90. The number of anilines is 1. The van der Waals surface area contributed by atoms with Crippen molar-refractivity contribution in [2.75, 3.05) is 25.6 Å². The first-order chi connectivity index (χ1) is 13.7. The maximum absolute atomic E-state index is 13.4. The Kier molecular flexibility index (Phi) is 5.97. The molecule has 29 heavy (non-hydrogen) atoms. The van der Waals surface area contributed by atoms with E-state index in [1.165, 1.54) is 23.3 Å². The maximum Gasteiger partial charge on any atom is 0.416 e. The third-order valence-corrected chi connectivity index (χ3v) is 4.93. The molecule has 2 aromatic rings. The van der Waals surface area contributed by atoms with Gasteiger partial charge in [0.05, 0.1) is 17.4 Å². The molecular formula is C20H21F3N2O4. The monoisotopic (exact) mass is 410 g/mol. The molecule has 0 spiro atoms. The number of aryl methyl sites for hydroxylation is 1. The molecule has 1 N–H and O–H groups in total. The number of furan rings is 1. The lowest BCUT2D eigenvalue weighted by atomic mass is 10.0. The fraction of sp³-hybridized carbons (Fsp3) is 0.400. The summed E-state index contributed by atoms with van der Waals surface area (Å²) in [6, 6.07) is 4.16.